The molecule has 0 radical (unpaired) electrons. The molecule has 1 aromatic carbocycles. The molecule has 1 aromatic heterocycles. The van der Waals surface area contributed by atoms with Gasteiger partial charge in [-0.15, -0.1) is 11.8 Å². The predicted octanol–water partition coefficient (Wildman–Crippen LogP) is 4.07. The van der Waals surface area contributed by atoms with Gasteiger partial charge >= 0.3 is 0 Å². The highest BCUT2D eigenvalue weighted by Crippen LogP contribution is 2.29. The first-order valence-electron chi connectivity index (χ1n) is 6.71. The molecule has 0 aliphatic rings. The van der Waals surface area contributed by atoms with Gasteiger partial charge in [0, 0.05) is 17.0 Å². The Hall–Kier alpha value is -1.75. The molecule has 0 aliphatic heterocycles. The zero-order valence-corrected chi connectivity index (χ0v) is 12.9. The molecule has 5 heteroatoms. The maximum atomic E-state index is 4.35. The van der Waals surface area contributed by atoms with E-state index in [-0.39, 0.29) is 0 Å². The van der Waals surface area contributed by atoms with Crippen molar-refractivity contribution in [1.29, 1.82) is 0 Å². The van der Waals surface area contributed by atoms with Crippen LogP contribution in [0.3, 0.4) is 0 Å². The van der Waals surface area contributed by atoms with Gasteiger partial charge in [0.1, 0.15) is 18.0 Å². The van der Waals surface area contributed by atoms with Gasteiger partial charge in [0.2, 0.25) is 0 Å². The Kier molecular flexibility index (Phi) is 5.24. The van der Waals surface area contributed by atoms with E-state index in [1.807, 2.05) is 19.1 Å². The van der Waals surface area contributed by atoms with Crippen LogP contribution in [0.1, 0.15) is 18.9 Å². The van der Waals surface area contributed by atoms with Crippen molar-refractivity contribution in [3.8, 4) is 0 Å². The zero-order valence-electron chi connectivity index (χ0n) is 12.1. The highest BCUT2D eigenvalue weighted by atomic mass is 32.2. The van der Waals surface area contributed by atoms with E-state index < -0.39 is 0 Å². The van der Waals surface area contributed by atoms with Crippen molar-refractivity contribution in [1.82, 2.24) is 9.97 Å². The minimum Gasteiger partial charge on any atom is -0.370 e. The molecule has 1 heterocycles. The van der Waals surface area contributed by atoms with Gasteiger partial charge in [-0.25, -0.2) is 9.97 Å². The quantitative estimate of drug-likeness (QED) is 0.785. The van der Waals surface area contributed by atoms with Gasteiger partial charge in [0.25, 0.3) is 0 Å². The third kappa shape index (κ3) is 3.42. The number of anilines is 3. The van der Waals surface area contributed by atoms with Crippen molar-refractivity contribution >= 4 is 29.1 Å². The Bertz CT molecular complexity index is 572. The summed E-state index contributed by atoms with van der Waals surface area (Å²) in [6.45, 7) is 5.08. The molecule has 2 N–H and O–H groups in total. The summed E-state index contributed by atoms with van der Waals surface area (Å²) in [5.74, 6) is 1.74. The largest absolute Gasteiger partial charge is 0.370 e. The molecule has 0 atom stereocenters. The summed E-state index contributed by atoms with van der Waals surface area (Å²) < 4.78 is 0. The SMILES string of the molecule is CCCNc1ncnc(Nc2ccccc2SC)c1C. The summed E-state index contributed by atoms with van der Waals surface area (Å²) >= 11 is 1.72. The standard InChI is InChI=1S/C15H20N4S/c1-4-9-16-14-11(2)15(18-10-17-14)19-12-7-5-6-8-13(12)20-3/h5-8,10H,4,9H2,1-3H3,(H2,16,17,18,19). The minimum atomic E-state index is 0.847. The van der Waals surface area contributed by atoms with Gasteiger partial charge in [-0.05, 0) is 31.7 Å². The highest BCUT2D eigenvalue weighted by molar-refractivity contribution is 7.98. The highest BCUT2D eigenvalue weighted by Gasteiger charge is 2.08. The van der Waals surface area contributed by atoms with Crippen LogP contribution in [0.4, 0.5) is 17.3 Å². The van der Waals surface area contributed by atoms with Gasteiger partial charge in [-0.1, -0.05) is 19.1 Å². The summed E-state index contributed by atoms with van der Waals surface area (Å²) in [5.41, 5.74) is 2.11. The van der Waals surface area contributed by atoms with Gasteiger partial charge < -0.3 is 10.6 Å². The third-order valence-electron chi connectivity index (χ3n) is 2.99. The Morgan fingerprint density at radius 1 is 1.15 bits per heavy atom. The number of aromatic nitrogens is 2. The first kappa shape index (κ1) is 14.7. The second kappa shape index (κ2) is 7.14. The molecular formula is C15H20N4S. The van der Waals surface area contributed by atoms with Gasteiger partial charge in [0.05, 0.1) is 5.69 Å². The third-order valence-corrected chi connectivity index (χ3v) is 3.78. The normalized spacial score (nSPS) is 10.3. The van der Waals surface area contributed by atoms with E-state index in [0.29, 0.717) is 0 Å². The monoisotopic (exact) mass is 288 g/mol. The molecule has 106 valence electrons. The molecule has 0 bridgehead atoms. The van der Waals surface area contributed by atoms with E-state index >= 15 is 0 Å². The van der Waals surface area contributed by atoms with Gasteiger partial charge in [-0.3, -0.25) is 0 Å². The van der Waals surface area contributed by atoms with Crippen molar-refractivity contribution in [2.75, 3.05) is 23.4 Å². The number of rotatable bonds is 6. The second-order valence-corrected chi connectivity index (χ2v) is 5.30. The van der Waals surface area contributed by atoms with E-state index in [1.54, 1.807) is 18.1 Å². The van der Waals surface area contributed by atoms with Crippen LogP contribution in [0, 0.1) is 6.92 Å². The lowest BCUT2D eigenvalue weighted by Gasteiger charge is -2.14. The molecule has 20 heavy (non-hydrogen) atoms. The fourth-order valence-corrected chi connectivity index (χ4v) is 2.43. The summed E-state index contributed by atoms with van der Waals surface area (Å²) in [6.07, 6.45) is 4.73. The Morgan fingerprint density at radius 3 is 2.65 bits per heavy atom. The molecule has 0 spiro atoms. The smallest absolute Gasteiger partial charge is 0.138 e. The minimum absolute atomic E-state index is 0.847. The lowest BCUT2D eigenvalue weighted by atomic mass is 10.2. The van der Waals surface area contributed by atoms with Crippen molar-refractivity contribution in [2.45, 2.75) is 25.2 Å². The molecule has 0 amide bonds. The molecule has 2 rings (SSSR count). The van der Waals surface area contributed by atoms with Crippen LogP contribution in [0.5, 0.6) is 0 Å². The number of nitrogens with one attached hydrogen (secondary N) is 2. The maximum absolute atomic E-state index is 4.35. The molecule has 2 aromatic rings. The molecule has 0 saturated carbocycles. The number of thioether (sulfide) groups is 1. The first-order chi connectivity index (χ1) is 9.76. The molecule has 0 saturated heterocycles. The summed E-state index contributed by atoms with van der Waals surface area (Å²) in [5, 5.41) is 6.72. The van der Waals surface area contributed by atoms with Crippen molar-refractivity contribution < 1.29 is 0 Å². The van der Waals surface area contributed by atoms with E-state index in [1.165, 1.54) is 4.90 Å². The van der Waals surface area contributed by atoms with Gasteiger partial charge in [-0.2, -0.15) is 0 Å². The second-order valence-electron chi connectivity index (χ2n) is 4.45. The van der Waals surface area contributed by atoms with Crippen molar-refractivity contribution in [3.63, 3.8) is 0 Å². The number of benzene rings is 1. The lowest BCUT2D eigenvalue weighted by molar-refractivity contribution is 0.960. The molecule has 0 aliphatic carbocycles. The van der Waals surface area contributed by atoms with E-state index in [9.17, 15) is 0 Å². The summed E-state index contributed by atoms with van der Waals surface area (Å²) in [7, 11) is 0. The summed E-state index contributed by atoms with van der Waals surface area (Å²) in [6, 6.07) is 8.22. The Labute approximate surface area is 124 Å². The zero-order chi connectivity index (χ0) is 14.4. The van der Waals surface area contributed by atoms with Crippen LogP contribution in [0.2, 0.25) is 0 Å². The van der Waals surface area contributed by atoms with Crippen LogP contribution in [0.15, 0.2) is 35.5 Å². The molecule has 4 nitrogen and oxygen atoms in total. The van der Waals surface area contributed by atoms with Crippen LogP contribution in [-0.4, -0.2) is 22.8 Å². The van der Waals surface area contributed by atoms with E-state index in [2.05, 4.69) is 45.9 Å². The first-order valence-corrected chi connectivity index (χ1v) is 7.94. The lowest BCUT2D eigenvalue weighted by Crippen LogP contribution is -2.07. The Morgan fingerprint density at radius 2 is 1.90 bits per heavy atom. The van der Waals surface area contributed by atoms with E-state index in [4.69, 9.17) is 0 Å². The number of para-hydroxylation sites is 1. The fraction of sp³-hybridized carbons (Fsp3) is 0.333. The topological polar surface area (TPSA) is 49.8 Å². The van der Waals surface area contributed by atoms with Crippen LogP contribution < -0.4 is 10.6 Å². The van der Waals surface area contributed by atoms with Crippen molar-refractivity contribution in [2.24, 2.45) is 0 Å². The van der Waals surface area contributed by atoms with Crippen LogP contribution >= 0.6 is 11.8 Å². The average Bonchev–Trinajstić information content (AvgIpc) is 2.48. The fourth-order valence-electron chi connectivity index (χ4n) is 1.87. The van der Waals surface area contributed by atoms with Crippen LogP contribution in [-0.2, 0) is 0 Å². The number of hydrogen-bond acceptors (Lipinski definition) is 5. The average molecular weight is 288 g/mol. The molecule has 0 unspecified atom stereocenters. The number of hydrogen-bond donors (Lipinski definition) is 2. The maximum Gasteiger partial charge on any atom is 0.138 e. The van der Waals surface area contributed by atoms with Gasteiger partial charge in [0.15, 0.2) is 0 Å². The summed E-state index contributed by atoms with van der Waals surface area (Å²) in [4.78, 5) is 9.84. The molecular weight excluding hydrogens is 268 g/mol. The Balaban J connectivity index is 2.25. The molecule has 0 fully saturated rings. The van der Waals surface area contributed by atoms with E-state index in [0.717, 1.165) is 35.9 Å². The van der Waals surface area contributed by atoms with Crippen molar-refractivity contribution in [3.05, 3.63) is 36.2 Å². The number of nitrogens with zero attached hydrogens (tertiary/aromatic N) is 2. The van der Waals surface area contributed by atoms with Crippen LogP contribution in [0.25, 0.3) is 0 Å². The predicted molar refractivity (Wildman–Crippen MR) is 87.1 cm³/mol.